The van der Waals surface area contributed by atoms with Crippen LogP contribution in [-0.2, 0) is 11.2 Å². The lowest BCUT2D eigenvalue weighted by Gasteiger charge is -2.05. The van der Waals surface area contributed by atoms with Gasteiger partial charge in [-0.05, 0) is 6.07 Å². The molecule has 4 N–H and O–H groups in total. The Kier molecular flexibility index (Phi) is 6.14. The molecular formula is C13H17ClN4O2. The molecular weight excluding hydrogens is 280 g/mol. The van der Waals surface area contributed by atoms with Crippen molar-refractivity contribution in [2.45, 2.75) is 12.8 Å². The van der Waals surface area contributed by atoms with Crippen molar-refractivity contribution in [3.63, 3.8) is 0 Å². The summed E-state index contributed by atoms with van der Waals surface area (Å²) < 4.78 is 0. The smallest absolute Gasteiger partial charge is 0.272 e. The number of nitrogens with one attached hydrogen (secondary N) is 2. The van der Waals surface area contributed by atoms with Crippen molar-refractivity contribution < 1.29 is 4.79 Å². The van der Waals surface area contributed by atoms with Crippen molar-refractivity contribution in [3.05, 3.63) is 40.3 Å². The molecule has 0 fully saturated rings. The Morgan fingerprint density at radius 3 is 2.70 bits per heavy atom. The van der Waals surface area contributed by atoms with Crippen molar-refractivity contribution in [1.82, 2.24) is 15.5 Å². The van der Waals surface area contributed by atoms with Crippen molar-refractivity contribution >= 4 is 29.1 Å². The number of benzene rings is 1. The monoisotopic (exact) mass is 296 g/mol. The molecule has 6 nitrogen and oxygen atoms in total. The average Bonchev–Trinajstić information content (AvgIpc) is 2.45. The maximum Gasteiger partial charge on any atom is 0.272 e. The van der Waals surface area contributed by atoms with Gasteiger partial charge in [-0.2, -0.15) is 5.10 Å². The van der Waals surface area contributed by atoms with Crippen molar-refractivity contribution in [1.29, 1.82) is 0 Å². The van der Waals surface area contributed by atoms with Crippen LogP contribution in [0.25, 0.3) is 10.8 Å². The number of nitrogens with zero attached hydrogens (tertiary/aromatic N) is 1. The summed E-state index contributed by atoms with van der Waals surface area (Å²) in [4.78, 5) is 23.1. The molecule has 0 saturated carbocycles. The second kappa shape index (κ2) is 7.62. The molecule has 1 aromatic heterocycles. The normalized spacial score (nSPS) is 10.1. The Morgan fingerprint density at radius 1 is 1.30 bits per heavy atom. The van der Waals surface area contributed by atoms with Crippen molar-refractivity contribution in [3.8, 4) is 0 Å². The van der Waals surface area contributed by atoms with E-state index in [9.17, 15) is 9.59 Å². The van der Waals surface area contributed by atoms with Crippen molar-refractivity contribution in [2.75, 3.05) is 13.1 Å². The van der Waals surface area contributed by atoms with E-state index in [1.807, 2.05) is 12.1 Å². The third-order valence-electron chi connectivity index (χ3n) is 2.83. The number of aromatic nitrogens is 2. The molecule has 20 heavy (non-hydrogen) atoms. The zero-order valence-electron chi connectivity index (χ0n) is 10.9. The van der Waals surface area contributed by atoms with E-state index in [-0.39, 0.29) is 23.9 Å². The van der Waals surface area contributed by atoms with E-state index >= 15 is 0 Å². The van der Waals surface area contributed by atoms with Gasteiger partial charge in [0, 0.05) is 31.3 Å². The predicted octanol–water partition coefficient (Wildman–Crippen LogP) is 0.352. The van der Waals surface area contributed by atoms with Crippen LogP contribution in [-0.4, -0.2) is 29.2 Å². The summed E-state index contributed by atoms with van der Waals surface area (Å²) >= 11 is 0. The lowest BCUT2D eigenvalue weighted by molar-refractivity contribution is -0.121. The summed E-state index contributed by atoms with van der Waals surface area (Å²) in [6, 6.07) is 7.23. The van der Waals surface area contributed by atoms with Crippen LogP contribution in [0.15, 0.2) is 29.1 Å². The maximum absolute atomic E-state index is 11.6. The fraction of sp³-hybridized carbons (Fsp3) is 0.308. The van der Waals surface area contributed by atoms with Crippen molar-refractivity contribution in [2.24, 2.45) is 5.73 Å². The molecule has 1 heterocycles. The number of halogens is 1. The van der Waals surface area contributed by atoms with Gasteiger partial charge in [-0.3, -0.25) is 9.59 Å². The van der Waals surface area contributed by atoms with Gasteiger partial charge in [0.1, 0.15) is 0 Å². The highest BCUT2D eigenvalue weighted by molar-refractivity contribution is 5.85. The first-order valence-electron chi connectivity index (χ1n) is 6.15. The minimum absolute atomic E-state index is 0. The van der Waals surface area contributed by atoms with E-state index in [1.165, 1.54) is 0 Å². The SMILES string of the molecule is Cl.NCCNC(=O)CCc1n[nH]c(=O)c2ccccc12. The van der Waals surface area contributed by atoms with E-state index < -0.39 is 0 Å². The van der Waals surface area contributed by atoms with Gasteiger partial charge in [0.25, 0.3) is 5.56 Å². The number of amides is 1. The van der Waals surface area contributed by atoms with Gasteiger partial charge >= 0.3 is 0 Å². The molecule has 0 saturated heterocycles. The van der Waals surface area contributed by atoms with Crippen LogP contribution in [0.3, 0.4) is 0 Å². The van der Waals surface area contributed by atoms with E-state index in [4.69, 9.17) is 5.73 Å². The van der Waals surface area contributed by atoms with Crippen LogP contribution in [0.4, 0.5) is 0 Å². The molecule has 0 radical (unpaired) electrons. The number of hydrogen-bond donors (Lipinski definition) is 3. The number of nitrogens with two attached hydrogens (primary N) is 1. The summed E-state index contributed by atoms with van der Waals surface area (Å²) in [7, 11) is 0. The quantitative estimate of drug-likeness (QED) is 0.741. The van der Waals surface area contributed by atoms with Gasteiger partial charge in [-0.1, -0.05) is 18.2 Å². The topological polar surface area (TPSA) is 101 Å². The average molecular weight is 297 g/mol. The van der Waals surface area contributed by atoms with Crippen LogP contribution in [0.1, 0.15) is 12.1 Å². The van der Waals surface area contributed by atoms with Crippen LogP contribution in [0.2, 0.25) is 0 Å². The molecule has 108 valence electrons. The largest absolute Gasteiger partial charge is 0.355 e. The van der Waals surface area contributed by atoms with Crippen LogP contribution >= 0.6 is 12.4 Å². The number of fused-ring (bicyclic) bond motifs is 1. The fourth-order valence-corrected chi connectivity index (χ4v) is 1.89. The van der Waals surface area contributed by atoms with E-state index in [1.54, 1.807) is 12.1 Å². The van der Waals surface area contributed by atoms with Gasteiger partial charge in [-0.25, -0.2) is 5.10 Å². The van der Waals surface area contributed by atoms with Crippen LogP contribution in [0, 0.1) is 0 Å². The highest BCUT2D eigenvalue weighted by Gasteiger charge is 2.08. The van der Waals surface area contributed by atoms with Gasteiger partial charge in [-0.15, -0.1) is 12.4 Å². The van der Waals surface area contributed by atoms with Gasteiger partial charge < -0.3 is 11.1 Å². The molecule has 2 aromatic rings. The molecule has 7 heteroatoms. The molecule has 0 aliphatic rings. The number of carbonyl (C=O) groups excluding carboxylic acids is 1. The van der Waals surface area contributed by atoms with Crippen LogP contribution in [0.5, 0.6) is 0 Å². The molecule has 0 aliphatic heterocycles. The van der Waals surface area contributed by atoms with E-state index in [0.29, 0.717) is 31.3 Å². The Labute approximate surface area is 122 Å². The fourth-order valence-electron chi connectivity index (χ4n) is 1.89. The second-order valence-corrected chi connectivity index (χ2v) is 4.18. The predicted molar refractivity (Wildman–Crippen MR) is 80.0 cm³/mol. The van der Waals surface area contributed by atoms with Crippen LogP contribution < -0.4 is 16.6 Å². The third kappa shape index (κ3) is 3.79. The summed E-state index contributed by atoms with van der Waals surface area (Å²) in [5, 5.41) is 10.5. The lowest BCUT2D eigenvalue weighted by Crippen LogP contribution is -2.29. The van der Waals surface area contributed by atoms with Gasteiger partial charge in [0.2, 0.25) is 5.91 Å². The Bertz CT molecular complexity index is 642. The molecule has 0 atom stereocenters. The number of H-pyrrole nitrogens is 1. The third-order valence-corrected chi connectivity index (χ3v) is 2.83. The first-order valence-corrected chi connectivity index (χ1v) is 6.15. The van der Waals surface area contributed by atoms with E-state index in [0.717, 1.165) is 11.1 Å². The summed E-state index contributed by atoms with van der Waals surface area (Å²) in [6.07, 6.45) is 0.802. The molecule has 0 bridgehead atoms. The molecule has 1 amide bonds. The number of rotatable bonds is 5. The number of aromatic amines is 1. The van der Waals surface area contributed by atoms with E-state index in [2.05, 4.69) is 15.5 Å². The first-order chi connectivity index (χ1) is 9.22. The zero-order chi connectivity index (χ0) is 13.7. The first kappa shape index (κ1) is 16.1. The second-order valence-electron chi connectivity index (χ2n) is 4.18. The summed E-state index contributed by atoms with van der Waals surface area (Å²) in [5.41, 5.74) is 5.81. The number of hydrogen-bond acceptors (Lipinski definition) is 4. The zero-order valence-corrected chi connectivity index (χ0v) is 11.7. The Balaban J connectivity index is 0.00000200. The summed E-state index contributed by atoms with van der Waals surface area (Å²) in [5.74, 6) is -0.0671. The minimum atomic E-state index is -0.216. The highest BCUT2D eigenvalue weighted by atomic mass is 35.5. The molecule has 0 unspecified atom stereocenters. The maximum atomic E-state index is 11.6. The lowest BCUT2D eigenvalue weighted by atomic mass is 10.1. The Morgan fingerprint density at radius 2 is 2.00 bits per heavy atom. The molecule has 0 aliphatic carbocycles. The molecule has 0 spiro atoms. The highest BCUT2D eigenvalue weighted by Crippen LogP contribution is 2.13. The van der Waals surface area contributed by atoms with Gasteiger partial charge in [0.05, 0.1) is 11.1 Å². The minimum Gasteiger partial charge on any atom is -0.355 e. The molecule has 2 rings (SSSR count). The molecule has 1 aromatic carbocycles. The standard InChI is InChI=1S/C13H16N4O2.ClH/c14-7-8-15-12(18)6-5-11-9-3-1-2-4-10(9)13(19)17-16-11;/h1-4H,5-8,14H2,(H,15,18)(H,17,19);1H. The summed E-state index contributed by atoms with van der Waals surface area (Å²) in [6.45, 7) is 0.893. The van der Waals surface area contributed by atoms with Gasteiger partial charge in [0.15, 0.2) is 0 Å². The number of aryl methyl sites for hydroxylation is 1. The number of carbonyl (C=O) groups is 1. The Hall–Kier alpha value is -1.92.